The first-order valence-electron chi connectivity index (χ1n) is 9.15. The van der Waals surface area contributed by atoms with E-state index in [1.54, 1.807) is 12.3 Å². The van der Waals surface area contributed by atoms with Gasteiger partial charge in [-0.1, -0.05) is 64.1 Å². The van der Waals surface area contributed by atoms with Gasteiger partial charge in [-0.2, -0.15) is 0 Å². The molecular weight excluding hydrogens is 341 g/mol. The molecule has 3 nitrogen and oxygen atoms in total. The van der Waals surface area contributed by atoms with E-state index in [4.69, 9.17) is 0 Å². The van der Waals surface area contributed by atoms with Gasteiger partial charge in [-0.15, -0.1) is 0 Å². The molecule has 0 radical (unpaired) electrons. The molecule has 4 heteroatoms. The van der Waals surface area contributed by atoms with Crippen molar-refractivity contribution in [1.82, 2.24) is 4.98 Å². The van der Waals surface area contributed by atoms with Gasteiger partial charge in [-0.3, -0.25) is 14.7 Å². The van der Waals surface area contributed by atoms with Crippen LogP contribution in [0.25, 0.3) is 11.3 Å². The topological polar surface area (TPSA) is 39.2 Å². The molecule has 1 aromatic heterocycles. The minimum Gasteiger partial charge on any atom is -0.295 e. The monoisotopic (exact) mass is 371 g/mol. The first-order valence-corrected chi connectivity index (χ1v) is 9.15. The van der Waals surface area contributed by atoms with Crippen LogP contribution < -0.4 is 0 Å². The summed E-state index contributed by atoms with van der Waals surface area (Å²) >= 11 is 0. The van der Waals surface area contributed by atoms with Crippen molar-refractivity contribution >= 4 is 17.1 Å². The Hall–Kier alpha value is -2.75. The summed E-state index contributed by atoms with van der Waals surface area (Å²) in [6.45, 7) is 18.6. The summed E-state index contributed by atoms with van der Waals surface area (Å²) in [7, 11) is 0. The van der Waals surface area contributed by atoms with Gasteiger partial charge in [0.25, 0.3) is 0 Å². The lowest BCUT2D eigenvalue weighted by atomic mass is 9.97. The largest absolute Gasteiger partial charge is 0.295 e. The molecule has 0 unspecified atom stereocenters. The summed E-state index contributed by atoms with van der Waals surface area (Å²) in [4.78, 5) is 19.5. The summed E-state index contributed by atoms with van der Waals surface area (Å²) in [5, 5.41) is 0. The van der Waals surface area contributed by atoms with Crippen LogP contribution in [0.3, 0.4) is 0 Å². The maximum Gasteiger partial charge on any atom is 0.190 e. The standard InChI is InChI=1S/C19H18FNO2.2C2H6/c1-12-5-7-16(8-6-12)9-17-10-18(13(2)14(3)22)19(21-11-17)15(4)23-20;2*1-2/h5-8,10-11H,2,4,9H2,1,3H3;2*1-2H3. The van der Waals surface area contributed by atoms with E-state index in [9.17, 15) is 9.32 Å². The highest BCUT2D eigenvalue weighted by molar-refractivity contribution is 6.19. The number of nitrogens with zero attached hydrogens (tertiary/aromatic N) is 1. The molecule has 0 aliphatic rings. The average Bonchev–Trinajstić information content (AvgIpc) is 2.71. The molecule has 2 rings (SSSR count). The molecule has 0 fully saturated rings. The van der Waals surface area contributed by atoms with E-state index in [2.05, 4.69) is 23.1 Å². The SMILES string of the molecule is C=C(C(C)=O)c1cc(Cc2ccc(C)cc2)cnc1C(=C)OF.CC.CC. The summed E-state index contributed by atoms with van der Waals surface area (Å²) < 4.78 is 12.4. The Labute approximate surface area is 162 Å². The van der Waals surface area contributed by atoms with Gasteiger partial charge < -0.3 is 0 Å². The zero-order valence-corrected chi connectivity index (χ0v) is 17.2. The molecule has 2 aromatic rings. The van der Waals surface area contributed by atoms with Crippen LogP contribution >= 0.6 is 0 Å². The second kappa shape index (κ2) is 12.6. The number of halogens is 1. The highest BCUT2D eigenvalue weighted by atomic mass is 19.3. The Morgan fingerprint density at radius 3 is 2.11 bits per heavy atom. The molecular formula is C23H30FNO2. The number of hydrogen-bond acceptors (Lipinski definition) is 3. The van der Waals surface area contributed by atoms with Crippen molar-refractivity contribution in [1.29, 1.82) is 0 Å². The molecule has 0 atom stereocenters. The fourth-order valence-corrected chi connectivity index (χ4v) is 2.22. The van der Waals surface area contributed by atoms with Gasteiger partial charge in [0.05, 0.1) is 0 Å². The van der Waals surface area contributed by atoms with E-state index in [-0.39, 0.29) is 22.8 Å². The Morgan fingerprint density at radius 2 is 1.63 bits per heavy atom. The smallest absolute Gasteiger partial charge is 0.190 e. The highest BCUT2D eigenvalue weighted by Crippen LogP contribution is 2.25. The van der Waals surface area contributed by atoms with E-state index in [0.717, 1.165) is 11.1 Å². The molecule has 0 saturated heterocycles. The summed E-state index contributed by atoms with van der Waals surface area (Å²) in [5.41, 5.74) is 4.05. The Kier molecular flexibility index (Phi) is 11.3. The van der Waals surface area contributed by atoms with Crippen LogP contribution in [0.15, 0.2) is 49.7 Å². The van der Waals surface area contributed by atoms with Crippen molar-refractivity contribution in [2.45, 2.75) is 48.0 Å². The predicted octanol–water partition coefficient (Wildman–Crippen LogP) is 6.51. The molecule has 0 amide bonds. The number of allylic oxidation sites excluding steroid dienone is 1. The van der Waals surface area contributed by atoms with Gasteiger partial charge in [0, 0.05) is 21.9 Å². The third-order valence-corrected chi connectivity index (χ3v) is 3.58. The molecule has 0 aliphatic heterocycles. The lowest BCUT2D eigenvalue weighted by molar-refractivity contribution is -0.111. The van der Waals surface area contributed by atoms with Gasteiger partial charge in [0.2, 0.25) is 0 Å². The minimum atomic E-state index is -0.246. The van der Waals surface area contributed by atoms with Crippen molar-refractivity contribution in [3.8, 4) is 0 Å². The van der Waals surface area contributed by atoms with Crippen molar-refractivity contribution in [3.63, 3.8) is 0 Å². The zero-order chi connectivity index (χ0) is 21.0. The first-order chi connectivity index (χ1) is 12.9. The number of aryl methyl sites for hydroxylation is 1. The number of carbonyl (C=O) groups excluding carboxylic acids is 1. The maximum absolute atomic E-state index is 12.4. The average molecular weight is 371 g/mol. The molecule has 1 heterocycles. The number of Topliss-reactive ketones (excluding diaryl/α,β-unsaturated/α-hetero) is 1. The van der Waals surface area contributed by atoms with E-state index in [1.807, 2.05) is 58.9 Å². The van der Waals surface area contributed by atoms with Gasteiger partial charge in [-0.05, 0) is 44.0 Å². The minimum absolute atomic E-state index is 0.181. The van der Waals surface area contributed by atoms with Gasteiger partial charge >= 0.3 is 0 Å². The van der Waals surface area contributed by atoms with E-state index < -0.39 is 0 Å². The van der Waals surface area contributed by atoms with Gasteiger partial charge in [0.1, 0.15) is 5.69 Å². The number of ketones is 1. The number of benzene rings is 1. The van der Waals surface area contributed by atoms with E-state index in [0.29, 0.717) is 12.0 Å². The number of carbonyl (C=O) groups is 1. The summed E-state index contributed by atoms with van der Waals surface area (Å²) in [6.07, 6.45) is 2.27. The lowest BCUT2D eigenvalue weighted by Gasteiger charge is -2.11. The summed E-state index contributed by atoms with van der Waals surface area (Å²) in [5.74, 6) is -0.462. The first kappa shape index (κ1) is 24.2. The van der Waals surface area contributed by atoms with E-state index >= 15 is 0 Å². The number of aromatic nitrogens is 1. The van der Waals surface area contributed by atoms with Crippen LogP contribution in [-0.4, -0.2) is 10.8 Å². The van der Waals surface area contributed by atoms with Gasteiger partial charge in [-0.25, -0.2) is 0 Å². The molecule has 146 valence electrons. The fraction of sp³-hybridized carbons (Fsp3) is 0.304. The van der Waals surface area contributed by atoms with Crippen LogP contribution in [0.4, 0.5) is 4.53 Å². The molecule has 0 spiro atoms. The van der Waals surface area contributed by atoms with Crippen LogP contribution in [0, 0.1) is 6.92 Å². The van der Waals surface area contributed by atoms with Crippen molar-refractivity contribution in [2.24, 2.45) is 0 Å². The highest BCUT2D eigenvalue weighted by Gasteiger charge is 2.16. The molecule has 0 aliphatic carbocycles. The summed E-state index contributed by atoms with van der Waals surface area (Å²) in [6, 6.07) is 9.91. The fourth-order valence-electron chi connectivity index (χ4n) is 2.22. The second-order valence-electron chi connectivity index (χ2n) is 5.44. The lowest BCUT2D eigenvalue weighted by Crippen LogP contribution is -2.03. The van der Waals surface area contributed by atoms with E-state index in [1.165, 1.54) is 12.5 Å². The predicted molar refractivity (Wildman–Crippen MR) is 112 cm³/mol. The molecule has 0 bridgehead atoms. The zero-order valence-electron chi connectivity index (χ0n) is 17.2. The number of hydrogen-bond donors (Lipinski definition) is 0. The Morgan fingerprint density at radius 1 is 1.07 bits per heavy atom. The molecule has 0 N–H and O–H groups in total. The Balaban J connectivity index is 0.00000158. The Bertz CT molecular complexity index is 764. The second-order valence-corrected chi connectivity index (χ2v) is 5.44. The van der Waals surface area contributed by atoms with Crippen LogP contribution in [-0.2, 0) is 16.2 Å². The molecule has 27 heavy (non-hydrogen) atoms. The van der Waals surface area contributed by atoms with Crippen molar-refractivity contribution in [3.05, 3.63) is 77.6 Å². The number of pyridine rings is 1. The van der Waals surface area contributed by atoms with Crippen molar-refractivity contribution < 1.29 is 14.3 Å². The van der Waals surface area contributed by atoms with Gasteiger partial charge in [0.15, 0.2) is 11.5 Å². The number of rotatable bonds is 6. The normalized spacial score (nSPS) is 9.15. The molecule has 0 saturated carbocycles. The van der Waals surface area contributed by atoms with Crippen LogP contribution in [0.2, 0.25) is 0 Å². The quantitative estimate of drug-likeness (QED) is 0.429. The third kappa shape index (κ3) is 7.18. The maximum atomic E-state index is 12.4. The molecule has 1 aromatic carbocycles. The third-order valence-electron chi connectivity index (χ3n) is 3.58. The van der Waals surface area contributed by atoms with Crippen molar-refractivity contribution in [2.75, 3.05) is 0 Å². The van der Waals surface area contributed by atoms with Crippen LogP contribution in [0.5, 0.6) is 0 Å². The van der Waals surface area contributed by atoms with Crippen LogP contribution in [0.1, 0.15) is 62.6 Å².